The fraction of sp³-hybridized carbons (Fsp3) is 0.591. The summed E-state index contributed by atoms with van der Waals surface area (Å²) in [5.41, 5.74) is 0.798. The zero-order valence-electron chi connectivity index (χ0n) is 17.0. The molecule has 150 valence electrons. The number of rotatable bonds is 4. The number of nitrogens with zero attached hydrogens (tertiary/aromatic N) is 3. The highest BCUT2D eigenvalue weighted by molar-refractivity contribution is 5.97. The third-order valence-corrected chi connectivity index (χ3v) is 6.49. The van der Waals surface area contributed by atoms with E-state index in [1.807, 2.05) is 32.2 Å². The first-order valence-electron chi connectivity index (χ1n) is 10.4. The average Bonchev–Trinajstić information content (AvgIpc) is 2.66. The lowest BCUT2D eigenvalue weighted by molar-refractivity contribution is -0.00257. The standard InChI is InChI=1S/C22H30N4O2/c1-14-8-9-26(14)20-11-19-15(12-24-20)10-16(13-23-19)21(27)25-18-6-4-17(5-7-18)22(2,3)28/h10-14,17-18,28H,4-9H2,1-3H3,(H,25,27)/t14-,17?,18?/m1/s1. The van der Waals surface area contributed by atoms with Gasteiger partial charge < -0.3 is 15.3 Å². The van der Waals surface area contributed by atoms with Crippen LogP contribution in [0.1, 0.15) is 63.2 Å². The number of anilines is 1. The molecule has 1 amide bonds. The summed E-state index contributed by atoms with van der Waals surface area (Å²) in [6, 6.07) is 4.57. The molecule has 3 heterocycles. The molecule has 0 unspecified atom stereocenters. The molecule has 2 aromatic rings. The summed E-state index contributed by atoms with van der Waals surface area (Å²) in [7, 11) is 0. The maximum Gasteiger partial charge on any atom is 0.253 e. The van der Waals surface area contributed by atoms with Gasteiger partial charge in [0.15, 0.2) is 0 Å². The van der Waals surface area contributed by atoms with Gasteiger partial charge in [-0.3, -0.25) is 9.78 Å². The number of hydrogen-bond acceptors (Lipinski definition) is 5. The predicted molar refractivity (Wildman–Crippen MR) is 110 cm³/mol. The molecule has 0 spiro atoms. The Hall–Kier alpha value is -2.21. The van der Waals surface area contributed by atoms with E-state index in [0.717, 1.165) is 48.9 Å². The van der Waals surface area contributed by atoms with Crippen molar-refractivity contribution < 1.29 is 9.90 Å². The summed E-state index contributed by atoms with van der Waals surface area (Å²) in [5, 5.41) is 14.2. The van der Waals surface area contributed by atoms with Gasteiger partial charge in [0.05, 0.1) is 16.7 Å². The Labute approximate surface area is 166 Å². The minimum absolute atomic E-state index is 0.0819. The molecule has 2 N–H and O–H groups in total. The maximum absolute atomic E-state index is 12.7. The van der Waals surface area contributed by atoms with Crippen LogP contribution in [-0.4, -0.2) is 45.2 Å². The highest BCUT2D eigenvalue weighted by Crippen LogP contribution is 2.32. The Kier molecular flexibility index (Phi) is 5.00. The minimum Gasteiger partial charge on any atom is -0.390 e. The van der Waals surface area contributed by atoms with Crippen molar-refractivity contribution in [2.24, 2.45) is 5.92 Å². The normalized spacial score (nSPS) is 25.4. The number of aromatic nitrogens is 2. The van der Waals surface area contributed by atoms with E-state index in [-0.39, 0.29) is 11.9 Å². The van der Waals surface area contributed by atoms with Crippen molar-refractivity contribution in [2.45, 2.75) is 70.6 Å². The second kappa shape index (κ2) is 7.32. The molecule has 1 aliphatic carbocycles. The number of carbonyl (C=O) groups is 1. The fourth-order valence-electron chi connectivity index (χ4n) is 4.36. The molecule has 6 nitrogen and oxygen atoms in total. The van der Waals surface area contributed by atoms with Crippen LogP contribution in [0.2, 0.25) is 0 Å². The van der Waals surface area contributed by atoms with Gasteiger partial charge >= 0.3 is 0 Å². The lowest BCUT2D eigenvalue weighted by Gasteiger charge is -2.39. The summed E-state index contributed by atoms with van der Waals surface area (Å²) in [4.78, 5) is 24.0. The molecule has 6 heteroatoms. The van der Waals surface area contributed by atoms with Crippen LogP contribution < -0.4 is 10.2 Å². The van der Waals surface area contributed by atoms with Crippen LogP contribution in [0.3, 0.4) is 0 Å². The van der Waals surface area contributed by atoms with Crippen molar-refractivity contribution in [1.82, 2.24) is 15.3 Å². The van der Waals surface area contributed by atoms with Crippen LogP contribution in [0.15, 0.2) is 24.5 Å². The molecule has 1 saturated carbocycles. The second-order valence-electron chi connectivity index (χ2n) is 8.97. The number of amides is 1. The average molecular weight is 383 g/mol. The van der Waals surface area contributed by atoms with Gasteiger partial charge in [-0.2, -0.15) is 0 Å². The van der Waals surface area contributed by atoms with Crippen molar-refractivity contribution in [2.75, 3.05) is 11.4 Å². The van der Waals surface area contributed by atoms with Gasteiger partial charge in [-0.25, -0.2) is 4.98 Å². The lowest BCUT2D eigenvalue weighted by Crippen LogP contribution is -2.46. The molecule has 2 fully saturated rings. The van der Waals surface area contributed by atoms with Crippen LogP contribution in [0.25, 0.3) is 10.9 Å². The second-order valence-corrected chi connectivity index (χ2v) is 8.97. The zero-order valence-corrected chi connectivity index (χ0v) is 17.0. The van der Waals surface area contributed by atoms with Crippen molar-refractivity contribution in [3.05, 3.63) is 30.1 Å². The number of aliphatic hydroxyl groups is 1. The number of carbonyl (C=O) groups excluding carboxylic acids is 1. The number of fused-ring (bicyclic) bond motifs is 1. The van der Waals surface area contributed by atoms with Crippen molar-refractivity contribution in [3.8, 4) is 0 Å². The number of hydrogen-bond donors (Lipinski definition) is 2. The first kappa shape index (κ1) is 19.1. The smallest absolute Gasteiger partial charge is 0.253 e. The summed E-state index contributed by atoms with van der Waals surface area (Å²) in [6.45, 7) is 6.99. The molecule has 1 saturated heterocycles. The lowest BCUT2D eigenvalue weighted by atomic mass is 9.77. The fourth-order valence-corrected chi connectivity index (χ4v) is 4.36. The summed E-state index contributed by atoms with van der Waals surface area (Å²) in [6.07, 6.45) is 8.35. The van der Waals surface area contributed by atoms with E-state index >= 15 is 0 Å². The molecule has 2 aromatic heterocycles. The SMILES string of the molecule is C[C@@H]1CCN1c1cc2ncc(C(=O)NC3CCC(C(C)(C)O)CC3)cc2cn1. The first-order chi connectivity index (χ1) is 13.3. The molecule has 28 heavy (non-hydrogen) atoms. The van der Waals surface area contributed by atoms with Crippen molar-refractivity contribution in [3.63, 3.8) is 0 Å². The van der Waals surface area contributed by atoms with E-state index in [2.05, 4.69) is 27.1 Å². The van der Waals surface area contributed by atoms with Crippen LogP contribution in [0, 0.1) is 5.92 Å². The van der Waals surface area contributed by atoms with Gasteiger partial charge in [0, 0.05) is 42.5 Å². The largest absolute Gasteiger partial charge is 0.390 e. The molecule has 1 atom stereocenters. The topological polar surface area (TPSA) is 78.4 Å². The highest BCUT2D eigenvalue weighted by atomic mass is 16.3. The van der Waals surface area contributed by atoms with E-state index in [0.29, 0.717) is 17.5 Å². The van der Waals surface area contributed by atoms with Gasteiger partial charge in [-0.15, -0.1) is 0 Å². The van der Waals surface area contributed by atoms with Gasteiger partial charge in [0.2, 0.25) is 0 Å². The van der Waals surface area contributed by atoms with E-state index in [1.54, 1.807) is 6.20 Å². The Morgan fingerprint density at radius 2 is 1.89 bits per heavy atom. The first-order valence-corrected chi connectivity index (χ1v) is 10.4. The quantitative estimate of drug-likeness (QED) is 0.848. The minimum atomic E-state index is -0.642. The van der Waals surface area contributed by atoms with E-state index in [1.165, 1.54) is 6.42 Å². The van der Waals surface area contributed by atoms with Gasteiger partial charge in [-0.05, 0) is 64.9 Å². The Morgan fingerprint density at radius 1 is 1.14 bits per heavy atom. The van der Waals surface area contributed by atoms with E-state index < -0.39 is 5.60 Å². The molecule has 4 rings (SSSR count). The summed E-state index contributed by atoms with van der Waals surface area (Å²) >= 11 is 0. The van der Waals surface area contributed by atoms with Crippen LogP contribution in [0.4, 0.5) is 5.82 Å². The Bertz CT molecular complexity index is 868. The number of pyridine rings is 2. The van der Waals surface area contributed by atoms with Gasteiger partial charge in [0.25, 0.3) is 5.91 Å². The molecular weight excluding hydrogens is 352 g/mol. The van der Waals surface area contributed by atoms with Crippen molar-refractivity contribution >= 4 is 22.6 Å². The summed E-state index contributed by atoms with van der Waals surface area (Å²) < 4.78 is 0. The van der Waals surface area contributed by atoms with Crippen LogP contribution in [-0.2, 0) is 0 Å². The van der Waals surface area contributed by atoms with Gasteiger partial charge in [0.1, 0.15) is 5.82 Å². The summed E-state index contributed by atoms with van der Waals surface area (Å²) in [5.74, 6) is 1.18. The molecule has 0 aromatic carbocycles. The zero-order chi connectivity index (χ0) is 19.9. The molecule has 2 aliphatic rings. The Morgan fingerprint density at radius 3 is 2.50 bits per heavy atom. The molecule has 1 aliphatic heterocycles. The van der Waals surface area contributed by atoms with Gasteiger partial charge in [-0.1, -0.05) is 0 Å². The third kappa shape index (κ3) is 3.83. The third-order valence-electron chi connectivity index (χ3n) is 6.49. The van der Waals surface area contributed by atoms with Crippen LogP contribution >= 0.6 is 0 Å². The van der Waals surface area contributed by atoms with E-state index in [4.69, 9.17) is 0 Å². The monoisotopic (exact) mass is 382 g/mol. The van der Waals surface area contributed by atoms with Crippen molar-refractivity contribution in [1.29, 1.82) is 0 Å². The maximum atomic E-state index is 12.7. The predicted octanol–water partition coefficient (Wildman–Crippen LogP) is 3.29. The number of nitrogens with one attached hydrogen (secondary N) is 1. The van der Waals surface area contributed by atoms with Crippen LogP contribution in [0.5, 0.6) is 0 Å². The van der Waals surface area contributed by atoms with E-state index in [9.17, 15) is 9.90 Å². The molecule has 0 radical (unpaired) electrons. The molecule has 0 bridgehead atoms. The highest BCUT2D eigenvalue weighted by Gasteiger charge is 2.32. The Balaban J connectivity index is 1.41. The molecular formula is C22H30N4O2.